The molecule has 2 amide bonds. The van der Waals surface area contributed by atoms with Gasteiger partial charge in [-0.3, -0.25) is 9.59 Å². The first-order valence-electron chi connectivity index (χ1n) is 10.3. The molecule has 1 N–H and O–H groups in total. The zero-order chi connectivity index (χ0) is 20.6. The number of likely N-dealkylation sites (tertiary alicyclic amines) is 1. The molecule has 2 aromatic rings. The Bertz CT molecular complexity index is 824. The van der Waals surface area contributed by atoms with Crippen LogP contribution in [0.2, 0.25) is 0 Å². The highest BCUT2D eigenvalue weighted by Gasteiger charge is 2.23. The van der Waals surface area contributed by atoms with Crippen molar-refractivity contribution >= 4 is 11.8 Å². The lowest BCUT2D eigenvalue weighted by molar-refractivity contribution is -0.120. The van der Waals surface area contributed by atoms with Crippen molar-refractivity contribution in [2.45, 2.75) is 32.6 Å². The second-order valence-electron chi connectivity index (χ2n) is 7.77. The summed E-state index contributed by atoms with van der Waals surface area (Å²) in [5.41, 5.74) is 2.87. The first-order chi connectivity index (χ1) is 14.0. The van der Waals surface area contributed by atoms with Crippen LogP contribution in [0.1, 0.15) is 40.7 Å². The van der Waals surface area contributed by atoms with Gasteiger partial charge in [-0.05, 0) is 61.9 Å². The van der Waals surface area contributed by atoms with E-state index in [1.54, 1.807) is 7.11 Å². The number of methoxy groups -OCH3 is 1. The maximum Gasteiger partial charge on any atom is 0.253 e. The fourth-order valence-corrected chi connectivity index (χ4v) is 3.75. The number of nitrogens with zero attached hydrogens (tertiary/aromatic N) is 1. The number of hydrogen-bond acceptors (Lipinski definition) is 3. The predicted octanol–water partition coefficient (Wildman–Crippen LogP) is 3.60. The number of hydrogen-bond donors (Lipinski definition) is 1. The number of carbonyl (C=O) groups is 2. The van der Waals surface area contributed by atoms with Crippen LogP contribution in [0.15, 0.2) is 48.5 Å². The molecule has 0 atom stereocenters. The molecule has 2 aromatic carbocycles. The highest BCUT2D eigenvalue weighted by molar-refractivity contribution is 5.94. The zero-order valence-electron chi connectivity index (χ0n) is 17.3. The van der Waals surface area contributed by atoms with Crippen molar-refractivity contribution in [3.8, 4) is 5.75 Å². The molecular weight excluding hydrogens is 364 g/mol. The maximum absolute atomic E-state index is 12.6. The molecule has 0 bridgehead atoms. The fraction of sp³-hybridized carbons (Fsp3) is 0.417. The summed E-state index contributed by atoms with van der Waals surface area (Å²) < 4.78 is 5.20. The largest absolute Gasteiger partial charge is 0.497 e. The molecule has 0 spiro atoms. The summed E-state index contributed by atoms with van der Waals surface area (Å²) in [6.07, 6.45) is 3.30. The van der Waals surface area contributed by atoms with Gasteiger partial charge in [0.15, 0.2) is 0 Å². The Balaban J connectivity index is 1.37. The van der Waals surface area contributed by atoms with Crippen molar-refractivity contribution in [2.24, 2.45) is 5.92 Å². The standard InChI is InChI=1S/C24H30N2O3/c1-18-6-8-21(9-7-18)24(28)26-14-11-19(12-15-26)10-13-25-23(27)17-20-4-3-5-22(16-20)29-2/h3-9,16,19H,10-15,17H2,1-2H3,(H,25,27). The summed E-state index contributed by atoms with van der Waals surface area (Å²) in [5.74, 6) is 1.47. The predicted molar refractivity (Wildman–Crippen MR) is 114 cm³/mol. The Labute approximate surface area is 173 Å². The van der Waals surface area contributed by atoms with Gasteiger partial charge in [-0.1, -0.05) is 29.8 Å². The van der Waals surface area contributed by atoms with E-state index in [0.717, 1.165) is 54.8 Å². The highest BCUT2D eigenvalue weighted by Crippen LogP contribution is 2.21. The number of amides is 2. The summed E-state index contributed by atoms with van der Waals surface area (Å²) >= 11 is 0. The molecule has 0 aromatic heterocycles. The van der Waals surface area contributed by atoms with Gasteiger partial charge >= 0.3 is 0 Å². The third-order valence-corrected chi connectivity index (χ3v) is 5.57. The molecule has 1 aliphatic heterocycles. The summed E-state index contributed by atoms with van der Waals surface area (Å²) in [5, 5.41) is 3.02. The van der Waals surface area contributed by atoms with E-state index in [-0.39, 0.29) is 11.8 Å². The normalized spacial score (nSPS) is 14.5. The van der Waals surface area contributed by atoms with E-state index < -0.39 is 0 Å². The van der Waals surface area contributed by atoms with Crippen LogP contribution in [0.3, 0.4) is 0 Å². The molecule has 1 saturated heterocycles. The minimum Gasteiger partial charge on any atom is -0.497 e. The molecule has 1 heterocycles. The van der Waals surface area contributed by atoms with Crippen LogP contribution in [0, 0.1) is 12.8 Å². The van der Waals surface area contributed by atoms with E-state index in [4.69, 9.17) is 4.74 Å². The summed E-state index contributed by atoms with van der Waals surface area (Å²) in [7, 11) is 1.62. The number of ether oxygens (including phenoxy) is 1. The van der Waals surface area contributed by atoms with Crippen LogP contribution in [0.4, 0.5) is 0 Å². The maximum atomic E-state index is 12.6. The number of rotatable bonds is 7. The molecule has 5 heteroatoms. The number of nitrogens with one attached hydrogen (secondary N) is 1. The van der Waals surface area contributed by atoms with E-state index >= 15 is 0 Å². The molecule has 1 aliphatic rings. The Hall–Kier alpha value is -2.82. The number of aryl methyl sites for hydroxylation is 1. The van der Waals surface area contributed by atoms with E-state index in [1.807, 2.05) is 60.4 Å². The van der Waals surface area contributed by atoms with Crippen molar-refractivity contribution in [2.75, 3.05) is 26.7 Å². The van der Waals surface area contributed by atoms with Gasteiger partial charge in [0.05, 0.1) is 13.5 Å². The third-order valence-electron chi connectivity index (χ3n) is 5.57. The van der Waals surface area contributed by atoms with Crippen molar-refractivity contribution in [3.05, 3.63) is 65.2 Å². The van der Waals surface area contributed by atoms with Crippen molar-refractivity contribution in [1.82, 2.24) is 10.2 Å². The molecular formula is C24H30N2O3. The topological polar surface area (TPSA) is 58.6 Å². The highest BCUT2D eigenvalue weighted by atomic mass is 16.5. The van der Waals surface area contributed by atoms with Crippen LogP contribution in [-0.4, -0.2) is 43.5 Å². The average Bonchev–Trinajstić information content (AvgIpc) is 2.74. The lowest BCUT2D eigenvalue weighted by Crippen LogP contribution is -2.39. The molecule has 0 unspecified atom stereocenters. The van der Waals surface area contributed by atoms with Gasteiger partial charge in [0, 0.05) is 25.2 Å². The fourth-order valence-electron chi connectivity index (χ4n) is 3.75. The lowest BCUT2D eigenvalue weighted by Gasteiger charge is -2.32. The molecule has 3 rings (SSSR count). The third kappa shape index (κ3) is 6.08. The Morgan fingerprint density at radius 2 is 1.83 bits per heavy atom. The number of carbonyl (C=O) groups excluding carboxylic acids is 2. The summed E-state index contributed by atoms with van der Waals surface area (Å²) in [6, 6.07) is 15.4. The van der Waals surface area contributed by atoms with E-state index in [0.29, 0.717) is 18.9 Å². The van der Waals surface area contributed by atoms with E-state index in [2.05, 4.69) is 5.32 Å². The lowest BCUT2D eigenvalue weighted by atomic mass is 9.93. The van der Waals surface area contributed by atoms with Crippen LogP contribution in [0.5, 0.6) is 5.75 Å². The molecule has 154 valence electrons. The first-order valence-corrected chi connectivity index (χ1v) is 10.3. The van der Waals surface area contributed by atoms with Crippen LogP contribution >= 0.6 is 0 Å². The number of benzene rings is 2. The minimum absolute atomic E-state index is 0.0326. The monoisotopic (exact) mass is 394 g/mol. The molecule has 1 fully saturated rings. The second kappa shape index (κ2) is 10.1. The number of piperidine rings is 1. The van der Waals surface area contributed by atoms with Gasteiger partial charge in [-0.2, -0.15) is 0 Å². The molecule has 5 nitrogen and oxygen atoms in total. The molecule has 0 radical (unpaired) electrons. The quantitative estimate of drug-likeness (QED) is 0.781. The van der Waals surface area contributed by atoms with Gasteiger partial charge in [0.2, 0.25) is 5.91 Å². The summed E-state index contributed by atoms with van der Waals surface area (Å²) in [4.78, 5) is 26.7. The van der Waals surface area contributed by atoms with Crippen molar-refractivity contribution in [1.29, 1.82) is 0 Å². The molecule has 0 aliphatic carbocycles. The van der Waals surface area contributed by atoms with E-state index in [9.17, 15) is 9.59 Å². The van der Waals surface area contributed by atoms with E-state index in [1.165, 1.54) is 0 Å². The SMILES string of the molecule is COc1cccc(CC(=O)NCCC2CCN(C(=O)c3ccc(C)cc3)CC2)c1. The van der Waals surface area contributed by atoms with Gasteiger partial charge < -0.3 is 15.0 Å². The van der Waals surface area contributed by atoms with Gasteiger partial charge in [-0.25, -0.2) is 0 Å². The Morgan fingerprint density at radius 3 is 2.52 bits per heavy atom. The van der Waals surface area contributed by atoms with Gasteiger partial charge in [0.1, 0.15) is 5.75 Å². The smallest absolute Gasteiger partial charge is 0.253 e. The first kappa shape index (κ1) is 20.9. The van der Waals surface area contributed by atoms with Gasteiger partial charge in [0.25, 0.3) is 5.91 Å². The minimum atomic E-state index is 0.0326. The molecule has 29 heavy (non-hydrogen) atoms. The van der Waals surface area contributed by atoms with Gasteiger partial charge in [-0.15, -0.1) is 0 Å². The second-order valence-corrected chi connectivity index (χ2v) is 7.77. The zero-order valence-corrected chi connectivity index (χ0v) is 17.3. The van der Waals surface area contributed by atoms with Crippen molar-refractivity contribution < 1.29 is 14.3 Å². The Kier molecular flexibility index (Phi) is 7.28. The average molecular weight is 395 g/mol. The summed E-state index contributed by atoms with van der Waals surface area (Å²) in [6.45, 7) is 4.28. The van der Waals surface area contributed by atoms with Crippen LogP contribution in [-0.2, 0) is 11.2 Å². The molecule has 0 saturated carbocycles. The Morgan fingerprint density at radius 1 is 1.10 bits per heavy atom. The van der Waals surface area contributed by atoms with Crippen LogP contribution < -0.4 is 10.1 Å². The van der Waals surface area contributed by atoms with Crippen LogP contribution in [0.25, 0.3) is 0 Å². The van der Waals surface area contributed by atoms with Crippen molar-refractivity contribution in [3.63, 3.8) is 0 Å².